The molecule has 1 aromatic carbocycles. The standard InChI is InChI=1S/C9H8BrNO3/c1-11-7-3-6(10)5(4-12)2-8(7)14-9(11)13/h2-3,12H,4H2,1H3. The van der Waals surface area contributed by atoms with Crippen molar-refractivity contribution in [3.05, 3.63) is 32.7 Å². The van der Waals surface area contributed by atoms with E-state index in [9.17, 15) is 4.79 Å². The molecule has 0 aliphatic carbocycles. The lowest BCUT2D eigenvalue weighted by atomic mass is 10.2. The number of oxazole rings is 1. The van der Waals surface area contributed by atoms with E-state index in [4.69, 9.17) is 9.52 Å². The van der Waals surface area contributed by atoms with Gasteiger partial charge in [-0.05, 0) is 17.7 Å². The zero-order valence-electron chi connectivity index (χ0n) is 7.45. The van der Waals surface area contributed by atoms with Crippen LogP contribution < -0.4 is 5.76 Å². The number of aliphatic hydroxyl groups excluding tert-OH is 1. The number of aliphatic hydroxyl groups is 1. The van der Waals surface area contributed by atoms with E-state index in [1.165, 1.54) is 4.57 Å². The molecule has 14 heavy (non-hydrogen) atoms. The van der Waals surface area contributed by atoms with E-state index in [1.807, 2.05) is 0 Å². The van der Waals surface area contributed by atoms with Crippen molar-refractivity contribution in [2.45, 2.75) is 6.61 Å². The number of fused-ring (bicyclic) bond motifs is 1. The quantitative estimate of drug-likeness (QED) is 0.840. The van der Waals surface area contributed by atoms with Gasteiger partial charge in [0.1, 0.15) is 0 Å². The van der Waals surface area contributed by atoms with Crippen molar-refractivity contribution in [3.63, 3.8) is 0 Å². The predicted molar refractivity (Wildman–Crippen MR) is 55.1 cm³/mol. The van der Waals surface area contributed by atoms with Crippen molar-refractivity contribution in [1.29, 1.82) is 0 Å². The molecular formula is C9H8BrNO3. The van der Waals surface area contributed by atoms with Crippen LogP contribution in [0.1, 0.15) is 5.56 Å². The molecule has 0 saturated heterocycles. The van der Waals surface area contributed by atoms with E-state index in [2.05, 4.69) is 15.9 Å². The highest BCUT2D eigenvalue weighted by molar-refractivity contribution is 9.10. The van der Waals surface area contributed by atoms with Crippen LogP contribution in [0.2, 0.25) is 0 Å². The van der Waals surface area contributed by atoms with Crippen LogP contribution in [0, 0.1) is 0 Å². The lowest BCUT2D eigenvalue weighted by Crippen LogP contribution is -2.08. The number of aryl methyl sites for hydroxylation is 1. The molecule has 0 atom stereocenters. The second-order valence-corrected chi connectivity index (χ2v) is 3.85. The van der Waals surface area contributed by atoms with Crippen molar-refractivity contribution in [1.82, 2.24) is 4.57 Å². The molecule has 1 heterocycles. The molecule has 1 aromatic heterocycles. The number of hydrogen-bond acceptors (Lipinski definition) is 3. The summed E-state index contributed by atoms with van der Waals surface area (Å²) in [6.45, 7) is -0.0882. The summed E-state index contributed by atoms with van der Waals surface area (Å²) in [5.74, 6) is -0.401. The van der Waals surface area contributed by atoms with Crippen LogP contribution in [-0.4, -0.2) is 9.67 Å². The number of hydrogen-bond donors (Lipinski definition) is 1. The highest BCUT2D eigenvalue weighted by atomic mass is 79.9. The SMILES string of the molecule is Cn1c(=O)oc2cc(CO)c(Br)cc21. The number of nitrogens with zero attached hydrogens (tertiary/aromatic N) is 1. The molecule has 0 unspecified atom stereocenters. The third kappa shape index (κ3) is 1.29. The molecule has 0 radical (unpaired) electrons. The molecule has 2 aromatic rings. The minimum absolute atomic E-state index is 0.0882. The van der Waals surface area contributed by atoms with Crippen LogP contribution in [0.3, 0.4) is 0 Å². The van der Waals surface area contributed by atoms with E-state index in [0.717, 1.165) is 4.47 Å². The van der Waals surface area contributed by atoms with E-state index in [-0.39, 0.29) is 6.61 Å². The van der Waals surface area contributed by atoms with Gasteiger partial charge in [-0.25, -0.2) is 4.79 Å². The first kappa shape index (κ1) is 9.48. The maximum atomic E-state index is 11.2. The number of halogens is 1. The first-order valence-electron chi connectivity index (χ1n) is 4.02. The number of benzene rings is 1. The maximum Gasteiger partial charge on any atom is 0.419 e. The average Bonchev–Trinajstić information content (AvgIpc) is 2.43. The maximum absolute atomic E-state index is 11.2. The third-order valence-corrected chi connectivity index (χ3v) is 2.87. The highest BCUT2D eigenvalue weighted by Gasteiger charge is 2.09. The van der Waals surface area contributed by atoms with Gasteiger partial charge in [-0.15, -0.1) is 0 Å². The molecular weight excluding hydrogens is 250 g/mol. The zero-order chi connectivity index (χ0) is 10.3. The summed E-state index contributed by atoms with van der Waals surface area (Å²) in [5.41, 5.74) is 1.90. The van der Waals surface area contributed by atoms with Gasteiger partial charge >= 0.3 is 5.76 Å². The monoisotopic (exact) mass is 257 g/mol. The van der Waals surface area contributed by atoms with Crippen molar-refractivity contribution in [3.8, 4) is 0 Å². The summed E-state index contributed by atoms with van der Waals surface area (Å²) in [6.07, 6.45) is 0. The largest absolute Gasteiger partial charge is 0.419 e. The Balaban J connectivity index is 2.86. The molecule has 0 saturated carbocycles. The Morgan fingerprint density at radius 2 is 2.29 bits per heavy atom. The molecule has 0 amide bonds. The fourth-order valence-electron chi connectivity index (χ4n) is 1.31. The molecule has 4 nitrogen and oxygen atoms in total. The van der Waals surface area contributed by atoms with Gasteiger partial charge in [-0.2, -0.15) is 0 Å². The molecule has 0 spiro atoms. The summed E-state index contributed by atoms with van der Waals surface area (Å²) in [5, 5.41) is 9.00. The second-order valence-electron chi connectivity index (χ2n) is 3.00. The highest BCUT2D eigenvalue weighted by Crippen LogP contribution is 2.23. The van der Waals surface area contributed by atoms with Crippen molar-refractivity contribution in [2.75, 3.05) is 0 Å². The summed E-state index contributed by atoms with van der Waals surface area (Å²) in [7, 11) is 1.64. The molecule has 74 valence electrons. The average molecular weight is 258 g/mol. The van der Waals surface area contributed by atoms with Crippen molar-refractivity contribution >= 4 is 27.0 Å². The lowest BCUT2D eigenvalue weighted by Gasteiger charge is -1.99. The Kier molecular flexibility index (Phi) is 2.20. The summed E-state index contributed by atoms with van der Waals surface area (Å²) in [4.78, 5) is 11.2. The molecule has 0 aliphatic heterocycles. The van der Waals surface area contributed by atoms with Crippen LogP contribution in [0.25, 0.3) is 11.1 Å². The third-order valence-electron chi connectivity index (χ3n) is 2.13. The Hall–Kier alpha value is -1.07. The predicted octanol–water partition coefficient (Wildman–Crippen LogP) is 1.39. The normalized spacial score (nSPS) is 11.1. The molecule has 1 N–H and O–H groups in total. The van der Waals surface area contributed by atoms with Crippen LogP contribution in [0.15, 0.2) is 25.8 Å². The van der Waals surface area contributed by atoms with E-state index in [0.29, 0.717) is 16.7 Å². The fourth-order valence-corrected chi connectivity index (χ4v) is 1.77. The van der Waals surface area contributed by atoms with Crippen molar-refractivity contribution in [2.24, 2.45) is 7.05 Å². The lowest BCUT2D eigenvalue weighted by molar-refractivity contribution is 0.281. The van der Waals surface area contributed by atoms with Gasteiger partial charge < -0.3 is 9.52 Å². The molecule has 0 bridgehead atoms. The van der Waals surface area contributed by atoms with Crippen LogP contribution in [-0.2, 0) is 13.7 Å². The van der Waals surface area contributed by atoms with Gasteiger partial charge in [0.25, 0.3) is 0 Å². The fraction of sp³-hybridized carbons (Fsp3) is 0.222. The van der Waals surface area contributed by atoms with Gasteiger partial charge in [-0.1, -0.05) is 15.9 Å². The van der Waals surface area contributed by atoms with E-state index < -0.39 is 5.76 Å². The Bertz CT molecular complexity index is 541. The van der Waals surface area contributed by atoms with Gasteiger partial charge in [0.05, 0.1) is 12.1 Å². The van der Waals surface area contributed by atoms with Crippen LogP contribution in [0.5, 0.6) is 0 Å². The molecule has 5 heteroatoms. The first-order valence-corrected chi connectivity index (χ1v) is 4.81. The minimum Gasteiger partial charge on any atom is -0.408 e. The zero-order valence-corrected chi connectivity index (χ0v) is 9.04. The number of rotatable bonds is 1. The second kappa shape index (κ2) is 3.25. The Labute approximate surface area is 87.9 Å². The summed E-state index contributed by atoms with van der Waals surface area (Å²) in [6, 6.07) is 3.41. The van der Waals surface area contributed by atoms with Gasteiger partial charge in [0.15, 0.2) is 5.58 Å². The molecule has 0 aliphatic rings. The van der Waals surface area contributed by atoms with Crippen molar-refractivity contribution < 1.29 is 9.52 Å². The van der Waals surface area contributed by atoms with E-state index >= 15 is 0 Å². The summed E-state index contributed by atoms with van der Waals surface area (Å²) >= 11 is 3.30. The Morgan fingerprint density at radius 3 is 2.93 bits per heavy atom. The van der Waals surface area contributed by atoms with Gasteiger partial charge in [-0.3, -0.25) is 4.57 Å². The molecule has 2 rings (SSSR count). The first-order chi connectivity index (χ1) is 6.63. The topological polar surface area (TPSA) is 55.4 Å². The summed E-state index contributed by atoms with van der Waals surface area (Å²) < 4.78 is 7.16. The van der Waals surface area contributed by atoms with Crippen LogP contribution >= 0.6 is 15.9 Å². The van der Waals surface area contributed by atoms with Crippen LogP contribution in [0.4, 0.5) is 0 Å². The number of aromatic nitrogens is 1. The van der Waals surface area contributed by atoms with E-state index in [1.54, 1.807) is 19.2 Å². The van der Waals surface area contributed by atoms with Gasteiger partial charge in [0, 0.05) is 11.5 Å². The minimum atomic E-state index is -0.401. The van der Waals surface area contributed by atoms with Gasteiger partial charge in [0.2, 0.25) is 0 Å². The Morgan fingerprint density at radius 1 is 1.57 bits per heavy atom. The smallest absolute Gasteiger partial charge is 0.408 e. The molecule has 0 fully saturated rings.